The molecule has 0 spiro atoms. The van der Waals surface area contributed by atoms with Crippen molar-refractivity contribution in [2.75, 3.05) is 39.0 Å². The van der Waals surface area contributed by atoms with Gasteiger partial charge in [0.1, 0.15) is 6.61 Å². The van der Waals surface area contributed by atoms with Crippen LogP contribution in [0.2, 0.25) is 0 Å². The summed E-state index contributed by atoms with van der Waals surface area (Å²) in [6.07, 6.45) is 0.798. The number of nitro groups is 1. The Morgan fingerprint density at radius 3 is 2.80 bits per heavy atom. The lowest BCUT2D eigenvalue weighted by molar-refractivity contribution is -0.384. The Labute approximate surface area is 116 Å². The van der Waals surface area contributed by atoms with Crippen molar-refractivity contribution in [2.24, 2.45) is 5.84 Å². The second kappa shape index (κ2) is 9.02. The van der Waals surface area contributed by atoms with Gasteiger partial charge in [-0.2, -0.15) is 4.98 Å². The molecule has 20 heavy (non-hydrogen) atoms. The van der Waals surface area contributed by atoms with Crippen LogP contribution in [0.5, 0.6) is 5.88 Å². The molecule has 0 atom stereocenters. The van der Waals surface area contributed by atoms with Crippen LogP contribution in [0.15, 0.2) is 12.1 Å². The molecule has 0 radical (unpaired) electrons. The van der Waals surface area contributed by atoms with E-state index in [-0.39, 0.29) is 24.0 Å². The maximum atomic E-state index is 10.7. The maximum absolute atomic E-state index is 10.7. The van der Waals surface area contributed by atoms with Gasteiger partial charge in [0, 0.05) is 20.3 Å². The molecule has 0 aromatic carbocycles. The molecule has 0 amide bonds. The van der Waals surface area contributed by atoms with Crippen molar-refractivity contribution >= 4 is 11.5 Å². The summed E-state index contributed by atoms with van der Waals surface area (Å²) in [5.74, 6) is 5.46. The highest BCUT2D eigenvalue weighted by Crippen LogP contribution is 2.21. The molecule has 0 saturated carbocycles. The molecule has 1 heterocycles. The van der Waals surface area contributed by atoms with Gasteiger partial charge in [0.2, 0.25) is 5.88 Å². The zero-order valence-corrected chi connectivity index (χ0v) is 11.2. The molecule has 1 rings (SSSR count). The second-order valence-corrected chi connectivity index (χ2v) is 3.76. The lowest BCUT2D eigenvalue weighted by Gasteiger charge is -2.07. The number of pyridine rings is 1. The standard InChI is InChI=1S/C11H18N4O5/c1-18-3-2-4-19-5-6-20-11-8-9(15(16)17)7-10(13-11)14-12/h7-8H,2-6,12H2,1H3,(H,13,14). The number of hydrogen-bond acceptors (Lipinski definition) is 8. The van der Waals surface area contributed by atoms with Gasteiger partial charge in [-0.05, 0) is 6.42 Å². The van der Waals surface area contributed by atoms with Gasteiger partial charge < -0.3 is 19.6 Å². The summed E-state index contributed by atoms with van der Waals surface area (Å²) in [4.78, 5) is 14.1. The van der Waals surface area contributed by atoms with E-state index in [1.807, 2.05) is 0 Å². The summed E-state index contributed by atoms with van der Waals surface area (Å²) in [5.41, 5.74) is 2.10. The molecule has 0 unspecified atom stereocenters. The molecule has 0 aliphatic rings. The van der Waals surface area contributed by atoms with Crippen LogP contribution >= 0.6 is 0 Å². The van der Waals surface area contributed by atoms with Gasteiger partial charge in [0.15, 0.2) is 5.82 Å². The average Bonchev–Trinajstić information content (AvgIpc) is 2.46. The third kappa shape index (κ3) is 5.78. The minimum absolute atomic E-state index is 0.118. The molecule has 1 aromatic rings. The number of ether oxygens (including phenoxy) is 3. The largest absolute Gasteiger partial charge is 0.475 e. The number of rotatable bonds is 10. The summed E-state index contributed by atoms with van der Waals surface area (Å²) >= 11 is 0. The van der Waals surface area contributed by atoms with Crippen molar-refractivity contribution in [3.63, 3.8) is 0 Å². The molecule has 0 fully saturated rings. The Hall–Kier alpha value is -1.97. The lowest BCUT2D eigenvalue weighted by Crippen LogP contribution is -2.12. The van der Waals surface area contributed by atoms with Crippen LogP contribution < -0.4 is 16.0 Å². The Balaban J connectivity index is 2.39. The highest BCUT2D eigenvalue weighted by molar-refractivity contribution is 5.47. The van der Waals surface area contributed by atoms with E-state index < -0.39 is 4.92 Å². The number of anilines is 1. The fraction of sp³-hybridized carbons (Fsp3) is 0.545. The van der Waals surface area contributed by atoms with Crippen LogP contribution in [0, 0.1) is 10.1 Å². The number of hydrogen-bond donors (Lipinski definition) is 2. The number of nitrogens with one attached hydrogen (secondary N) is 1. The van der Waals surface area contributed by atoms with Crippen LogP contribution in [0.1, 0.15) is 6.42 Å². The quantitative estimate of drug-likeness (QED) is 0.279. The summed E-state index contributed by atoms with van der Waals surface area (Å²) in [7, 11) is 1.63. The molecule has 0 aliphatic heterocycles. The Bertz CT molecular complexity index is 429. The molecule has 9 heteroatoms. The van der Waals surface area contributed by atoms with E-state index in [1.54, 1.807) is 7.11 Å². The summed E-state index contributed by atoms with van der Waals surface area (Å²) in [6.45, 7) is 1.80. The minimum atomic E-state index is -0.545. The van der Waals surface area contributed by atoms with Gasteiger partial charge in [-0.1, -0.05) is 0 Å². The Morgan fingerprint density at radius 2 is 2.15 bits per heavy atom. The predicted molar refractivity (Wildman–Crippen MR) is 71.5 cm³/mol. The maximum Gasteiger partial charge on any atom is 0.278 e. The molecule has 112 valence electrons. The number of nitrogens with zero attached hydrogens (tertiary/aromatic N) is 2. The van der Waals surface area contributed by atoms with Crippen molar-refractivity contribution in [3.05, 3.63) is 22.2 Å². The lowest BCUT2D eigenvalue weighted by atomic mass is 10.4. The highest BCUT2D eigenvalue weighted by Gasteiger charge is 2.11. The average molecular weight is 286 g/mol. The number of aromatic nitrogens is 1. The third-order valence-corrected chi connectivity index (χ3v) is 2.26. The number of methoxy groups -OCH3 is 1. The number of nitrogens with two attached hydrogens (primary N) is 1. The summed E-state index contributed by atoms with van der Waals surface area (Å²) < 4.78 is 15.4. The molecular formula is C11H18N4O5. The molecule has 0 saturated heterocycles. The zero-order chi connectivity index (χ0) is 14.8. The van der Waals surface area contributed by atoms with E-state index >= 15 is 0 Å². The smallest absolute Gasteiger partial charge is 0.278 e. The zero-order valence-electron chi connectivity index (χ0n) is 11.2. The summed E-state index contributed by atoms with van der Waals surface area (Å²) in [6, 6.07) is 2.44. The van der Waals surface area contributed by atoms with Gasteiger partial charge in [0.05, 0.1) is 23.7 Å². The second-order valence-electron chi connectivity index (χ2n) is 3.76. The van der Waals surface area contributed by atoms with Crippen LogP contribution in [0.25, 0.3) is 0 Å². The highest BCUT2D eigenvalue weighted by atomic mass is 16.6. The van der Waals surface area contributed by atoms with Crippen molar-refractivity contribution < 1.29 is 19.1 Å². The molecular weight excluding hydrogens is 268 g/mol. The Morgan fingerprint density at radius 1 is 1.35 bits per heavy atom. The Kier molecular flexibility index (Phi) is 7.25. The molecule has 0 bridgehead atoms. The number of hydrazine groups is 1. The first kappa shape index (κ1) is 16.1. The summed E-state index contributed by atoms with van der Waals surface area (Å²) in [5, 5.41) is 10.7. The fourth-order valence-electron chi connectivity index (χ4n) is 1.36. The van der Waals surface area contributed by atoms with Crippen LogP contribution in [0.3, 0.4) is 0 Å². The first-order valence-corrected chi connectivity index (χ1v) is 6.00. The third-order valence-electron chi connectivity index (χ3n) is 2.26. The fourth-order valence-corrected chi connectivity index (χ4v) is 1.36. The van der Waals surface area contributed by atoms with Crippen molar-refractivity contribution in [2.45, 2.75) is 6.42 Å². The van der Waals surface area contributed by atoms with Crippen LogP contribution in [-0.4, -0.2) is 43.4 Å². The van der Waals surface area contributed by atoms with Gasteiger partial charge in [-0.3, -0.25) is 10.1 Å². The minimum Gasteiger partial charge on any atom is -0.475 e. The number of nitrogen functional groups attached to an aromatic ring is 1. The topological polar surface area (TPSA) is 122 Å². The van der Waals surface area contributed by atoms with Crippen LogP contribution in [0.4, 0.5) is 11.5 Å². The van der Waals surface area contributed by atoms with E-state index in [4.69, 9.17) is 20.1 Å². The van der Waals surface area contributed by atoms with E-state index in [0.29, 0.717) is 19.8 Å². The molecule has 3 N–H and O–H groups in total. The van der Waals surface area contributed by atoms with E-state index in [0.717, 1.165) is 6.42 Å². The first-order chi connectivity index (χ1) is 9.67. The normalized spacial score (nSPS) is 10.3. The molecule has 1 aromatic heterocycles. The van der Waals surface area contributed by atoms with Gasteiger partial charge >= 0.3 is 0 Å². The van der Waals surface area contributed by atoms with E-state index in [1.165, 1.54) is 12.1 Å². The first-order valence-electron chi connectivity index (χ1n) is 6.00. The monoisotopic (exact) mass is 286 g/mol. The van der Waals surface area contributed by atoms with Crippen molar-refractivity contribution in [1.82, 2.24) is 4.98 Å². The molecule has 0 aliphatic carbocycles. The molecule has 9 nitrogen and oxygen atoms in total. The van der Waals surface area contributed by atoms with Crippen molar-refractivity contribution in [1.29, 1.82) is 0 Å². The van der Waals surface area contributed by atoms with Gasteiger partial charge in [-0.25, -0.2) is 5.84 Å². The van der Waals surface area contributed by atoms with E-state index in [9.17, 15) is 10.1 Å². The van der Waals surface area contributed by atoms with Gasteiger partial charge in [-0.15, -0.1) is 0 Å². The predicted octanol–water partition coefficient (Wildman–Crippen LogP) is 0.707. The van der Waals surface area contributed by atoms with Crippen molar-refractivity contribution in [3.8, 4) is 5.88 Å². The SMILES string of the molecule is COCCCOCCOc1cc([N+](=O)[O-])cc(NN)n1. The van der Waals surface area contributed by atoms with Crippen LogP contribution in [-0.2, 0) is 9.47 Å². The van der Waals surface area contributed by atoms with E-state index in [2.05, 4.69) is 10.4 Å². The van der Waals surface area contributed by atoms with Gasteiger partial charge in [0.25, 0.3) is 5.69 Å².